The summed E-state index contributed by atoms with van der Waals surface area (Å²) in [7, 11) is 1.04. The lowest BCUT2D eigenvalue weighted by Crippen LogP contribution is -2.48. The Bertz CT molecular complexity index is 351. The van der Waals surface area contributed by atoms with Crippen LogP contribution in [0.25, 0.3) is 0 Å². The predicted octanol–water partition coefficient (Wildman–Crippen LogP) is 3.73. The Labute approximate surface area is 136 Å². The summed E-state index contributed by atoms with van der Waals surface area (Å²) in [6.45, 7) is 16.3. The molecule has 6 heteroatoms. The molecule has 132 valence electrons. The van der Waals surface area contributed by atoms with Gasteiger partial charge >= 0.3 is 5.97 Å². The van der Waals surface area contributed by atoms with Gasteiger partial charge in [0.15, 0.2) is 14.6 Å². The zero-order valence-corrected chi connectivity index (χ0v) is 16.9. The molecular formula is C16H34O5Si. The summed E-state index contributed by atoms with van der Waals surface area (Å²) < 4.78 is 22.3. The lowest BCUT2D eigenvalue weighted by atomic mass is 10.2. The Morgan fingerprint density at radius 2 is 1.45 bits per heavy atom. The second-order valence-corrected chi connectivity index (χ2v) is 12.8. The smallest absolute Gasteiger partial charge is 0.309 e. The lowest BCUT2D eigenvalue weighted by molar-refractivity contribution is -0.178. The molecule has 0 fully saturated rings. The maximum atomic E-state index is 12.1. The first-order chi connectivity index (χ1) is 9.73. The van der Waals surface area contributed by atoms with Crippen molar-refractivity contribution >= 4 is 14.3 Å². The van der Waals surface area contributed by atoms with Crippen molar-refractivity contribution in [2.45, 2.75) is 84.1 Å². The summed E-state index contributed by atoms with van der Waals surface area (Å²) in [5.41, 5.74) is -0.520. The van der Waals surface area contributed by atoms with E-state index in [0.29, 0.717) is 0 Å². The zero-order chi connectivity index (χ0) is 17.8. The van der Waals surface area contributed by atoms with Gasteiger partial charge < -0.3 is 18.6 Å². The van der Waals surface area contributed by atoms with Crippen LogP contribution >= 0.6 is 0 Å². The topological polar surface area (TPSA) is 54.0 Å². The lowest BCUT2D eigenvalue weighted by Gasteiger charge is -2.40. The summed E-state index contributed by atoms with van der Waals surface area (Å²) in [5, 5.41) is 0.0330. The Kier molecular flexibility index (Phi) is 7.75. The van der Waals surface area contributed by atoms with E-state index in [1.165, 1.54) is 0 Å². The summed E-state index contributed by atoms with van der Waals surface area (Å²) in [5.74, 6) is -0.310. The van der Waals surface area contributed by atoms with Gasteiger partial charge in [-0.25, -0.2) is 0 Å². The van der Waals surface area contributed by atoms with Crippen molar-refractivity contribution in [1.82, 2.24) is 0 Å². The molecule has 5 nitrogen and oxygen atoms in total. The van der Waals surface area contributed by atoms with E-state index in [0.717, 1.165) is 0 Å². The van der Waals surface area contributed by atoms with Crippen LogP contribution < -0.4 is 0 Å². The first-order valence-corrected chi connectivity index (χ1v) is 10.6. The zero-order valence-electron chi connectivity index (χ0n) is 15.9. The molecule has 0 N–H and O–H groups in total. The number of esters is 1. The molecule has 0 saturated heterocycles. The van der Waals surface area contributed by atoms with Gasteiger partial charge in [-0.15, -0.1) is 0 Å². The molecule has 0 aromatic carbocycles. The molecule has 0 saturated carbocycles. The van der Waals surface area contributed by atoms with Crippen molar-refractivity contribution in [3.05, 3.63) is 0 Å². The van der Waals surface area contributed by atoms with E-state index in [4.69, 9.17) is 18.6 Å². The van der Waals surface area contributed by atoms with E-state index in [2.05, 4.69) is 33.9 Å². The van der Waals surface area contributed by atoms with Crippen molar-refractivity contribution in [3.63, 3.8) is 0 Å². The molecule has 0 aliphatic carbocycles. The van der Waals surface area contributed by atoms with Crippen LogP contribution in [0.2, 0.25) is 18.1 Å². The molecule has 0 amide bonds. The van der Waals surface area contributed by atoms with Crippen molar-refractivity contribution in [2.24, 2.45) is 0 Å². The minimum Gasteiger partial charge on any atom is -0.460 e. The van der Waals surface area contributed by atoms with Gasteiger partial charge in [0, 0.05) is 14.2 Å². The van der Waals surface area contributed by atoms with Crippen molar-refractivity contribution in [3.8, 4) is 0 Å². The molecular weight excluding hydrogens is 300 g/mol. The maximum Gasteiger partial charge on any atom is 0.309 e. The Morgan fingerprint density at radius 1 is 1.00 bits per heavy atom. The highest BCUT2D eigenvalue weighted by atomic mass is 28.4. The SMILES string of the molecule is COC(OC)[C@@H](CC(=O)OC(C)(C)C)O[Si](C)(C)C(C)(C)C. The number of rotatable bonds is 7. The molecule has 22 heavy (non-hydrogen) atoms. The van der Waals surface area contributed by atoms with Crippen LogP contribution in [0.5, 0.6) is 0 Å². The highest BCUT2D eigenvalue weighted by molar-refractivity contribution is 6.74. The highest BCUT2D eigenvalue weighted by Gasteiger charge is 2.42. The standard InChI is InChI=1S/C16H34O5Si/c1-15(2,3)20-13(17)11-12(14(18-7)19-8)21-22(9,10)16(4,5)6/h12,14H,11H2,1-10H3/t12-/m1/s1. The molecule has 0 aromatic rings. The van der Waals surface area contributed by atoms with Crippen LogP contribution in [0.4, 0.5) is 0 Å². The third-order valence-corrected chi connectivity index (χ3v) is 8.31. The van der Waals surface area contributed by atoms with E-state index in [-0.39, 0.29) is 17.4 Å². The molecule has 0 radical (unpaired) electrons. The average Bonchev–Trinajstić information content (AvgIpc) is 2.25. The molecule has 0 aliphatic rings. The quantitative estimate of drug-likeness (QED) is 0.403. The Balaban J connectivity index is 5.11. The normalized spacial score (nSPS) is 15.0. The molecule has 0 unspecified atom stereocenters. The molecule has 0 heterocycles. The third-order valence-electron chi connectivity index (χ3n) is 3.81. The van der Waals surface area contributed by atoms with Gasteiger partial charge in [-0.1, -0.05) is 20.8 Å². The molecule has 1 atom stereocenters. The second kappa shape index (κ2) is 7.90. The van der Waals surface area contributed by atoms with Crippen LogP contribution in [0, 0.1) is 0 Å². The minimum atomic E-state index is -2.06. The van der Waals surface area contributed by atoms with Crippen LogP contribution in [0.3, 0.4) is 0 Å². The maximum absolute atomic E-state index is 12.1. The van der Waals surface area contributed by atoms with Crippen molar-refractivity contribution in [1.29, 1.82) is 0 Å². The first-order valence-electron chi connectivity index (χ1n) is 7.69. The van der Waals surface area contributed by atoms with Gasteiger partial charge in [-0.05, 0) is 38.9 Å². The van der Waals surface area contributed by atoms with Gasteiger partial charge in [0.1, 0.15) is 11.7 Å². The molecule has 0 bridgehead atoms. The summed E-state index contributed by atoms with van der Waals surface area (Å²) in [4.78, 5) is 12.1. The van der Waals surface area contributed by atoms with Gasteiger partial charge in [0.05, 0.1) is 6.42 Å². The van der Waals surface area contributed by atoms with Gasteiger partial charge in [0.2, 0.25) is 0 Å². The van der Waals surface area contributed by atoms with E-state index < -0.39 is 26.3 Å². The molecule has 0 rings (SSSR count). The molecule has 0 spiro atoms. The summed E-state index contributed by atoms with van der Waals surface area (Å²) in [6, 6.07) is 0. The summed E-state index contributed by atoms with van der Waals surface area (Å²) >= 11 is 0. The fourth-order valence-electron chi connectivity index (χ4n) is 1.70. The van der Waals surface area contributed by atoms with E-state index >= 15 is 0 Å². The highest BCUT2D eigenvalue weighted by Crippen LogP contribution is 2.38. The van der Waals surface area contributed by atoms with Crippen molar-refractivity contribution in [2.75, 3.05) is 14.2 Å². The largest absolute Gasteiger partial charge is 0.460 e. The Morgan fingerprint density at radius 3 is 1.77 bits per heavy atom. The fraction of sp³-hybridized carbons (Fsp3) is 0.938. The predicted molar refractivity (Wildman–Crippen MR) is 90.3 cm³/mol. The third kappa shape index (κ3) is 7.22. The van der Waals surface area contributed by atoms with Crippen LogP contribution in [-0.4, -0.2) is 46.5 Å². The van der Waals surface area contributed by atoms with Gasteiger partial charge in [-0.2, -0.15) is 0 Å². The number of carbonyl (C=O) groups is 1. The number of hydrogen-bond donors (Lipinski definition) is 0. The second-order valence-electron chi connectivity index (χ2n) is 8.05. The van der Waals surface area contributed by atoms with Crippen LogP contribution in [0.1, 0.15) is 48.0 Å². The number of methoxy groups -OCH3 is 2. The fourth-order valence-corrected chi connectivity index (χ4v) is 3.00. The van der Waals surface area contributed by atoms with E-state index in [1.54, 1.807) is 14.2 Å². The molecule has 0 aromatic heterocycles. The van der Waals surface area contributed by atoms with Gasteiger partial charge in [-0.3, -0.25) is 4.79 Å². The van der Waals surface area contributed by atoms with E-state index in [9.17, 15) is 4.79 Å². The van der Waals surface area contributed by atoms with Crippen LogP contribution in [-0.2, 0) is 23.4 Å². The number of carbonyl (C=O) groups excluding carboxylic acids is 1. The monoisotopic (exact) mass is 334 g/mol. The number of hydrogen-bond acceptors (Lipinski definition) is 5. The van der Waals surface area contributed by atoms with Crippen LogP contribution in [0.15, 0.2) is 0 Å². The average molecular weight is 335 g/mol. The van der Waals surface area contributed by atoms with Crippen molar-refractivity contribution < 1.29 is 23.4 Å². The Hall–Kier alpha value is -0.433. The van der Waals surface area contributed by atoms with E-state index in [1.807, 2.05) is 20.8 Å². The summed E-state index contributed by atoms with van der Waals surface area (Å²) in [6.07, 6.45) is -0.969. The minimum absolute atomic E-state index is 0.0330. The first kappa shape index (κ1) is 21.6. The number of ether oxygens (including phenoxy) is 3. The van der Waals surface area contributed by atoms with Gasteiger partial charge in [0.25, 0.3) is 0 Å². The molecule has 0 aliphatic heterocycles.